The lowest BCUT2D eigenvalue weighted by Gasteiger charge is -2.10. The zero-order valence-electron chi connectivity index (χ0n) is 8.53. The molecule has 0 aromatic heterocycles. The Hall–Kier alpha value is -1.55. The monoisotopic (exact) mass is 207 g/mol. The summed E-state index contributed by atoms with van der Waals surface area (Å²) in [7, 11) is 1.55. The van der Waals surface area contributed by atoms with E-state index in [0.717, 1.165) is 0 Å². The van der Waals surface area contributed by atoms with Crippen LogP contribution in [-0.4, -0.2) is 25.5 Å². The number of carbonyl (C=O) groups is 1. The molecular formula is C11H13NO3. The van der Waals surface area contributed by atoms with Gasteiger partial charge in [0.15, 0.2) is 17.3 Å². The number of carbonyl (C=O) groups excluding carboxylic acids is 1. The molecule has 0 spiro atoms. The number of Topliss-reactive ketones (excluding diaryl/α,β-unsaturated/α-hetero) is 1. The van der Waals surface area contributed by atoms with Crippen molar-refractivity contribution in [3.05, 3.63) is 23.8 Å². The minimum Gasteiger partial charge on any atom is -0.493 e. The SMILES string of the molecule is COc1cccc2c1OCCC(N)C2=O. The van der Waals surface area contributed by atoms with E-state index in [4.69, 9.17) is 15.2 Å². The molecule has 1 aliphatic heterocycles. The molecule has 0 saturated carbocycles. The average molecular weight is 207 g/mol. The highest BCUT2D eigenvalue weighted by Gasteiger charge is 2.25. The molecule has 1 atom stereocenters. The maximum Gasteiger partial charge on any atom is 0.183 e. The third-order valence-electron chi connectivity index (χ3n) is 2.48. The van der Waals surface area contributed by atoms with Crippen LogP contribution in [0.15, 0.2) is 18.2 Å². The predicted molar refractivity (Wildman–Crippen MR) is 55.4 cm³/mol. The molecule has 0 radical (unpaired) electrons. The van der Waals surface area contributed by atoms with Crippen LogP contribution in [0.1, 0.15) is 16.8 Å². The smallest absolute Gasteiger partial charge is 0.183 e. The van der Waals surface area contributed by atoms with Crippen LogP contribution in [-0.2, 0) is 0 Å². The molecule has 4 nitrogen and oxygen atoms in total. The zero-order chi connectivity index (χ0) is 10.8. The first kappa shape index (κ1) is 9.98. The van der Waals surface area contributed by atoms with Crippen molar-refractivity contribution in [3.8, 4) is 11.5 Å². The summed E-state index contributed by atoms with van der Waals surface area (Å²) in [4.78, 5) is 11.8. The fourth-order valence-corrected chi connectivity index (χ4v) is 1.64. The Labute approximate surface area is 88.0 Å². The lowest BCUT2D eigenvalue weighted by Crippen LogP contribution is -2.30. The summed E-state index contributed by atoms with van der Waals surface area (Å²) in [5, 5.41) is 0. The number of ether oxygens (including phenoxy) is 2. The molecule has 0 bridgehead atoms. The Bertz CT molecular complexity index is 389. The van der Waals surface area contributed by atoms with Crippen LogP contribution in [0.5, 0.6) is 11.5 Å². The molecule has 1 aromatic rings. The molecule has 0 aliphatic carbocycles. The van der Waals surface area contributed by atoms with Crippen molar-refractivity contribution in [2.75, 3.05) is 13.7 Å². The lowest BCUT2D eigenvalue weighted by atomic mass is 10.0. The first-order valence-corrected chi connectivity index (χ1v) is 4.83. The normalized spacial score (nSPS) is 20.1. The number of rotatable bonds is 1. The highest BCUT2D eigenvalue weighted by molar-refractivity contribution is 6.03. The van der Waals surface area contributed by atoms with E-state index in [2.05, 4.69) is 0 Å². The van der Waals surface area contributed by atoms with E-state index in [0.29, 0.717) is 30.1 Å². The summed E-state index contributed by atoms with van der Waals surface area (Å²) in [6, 6.07) is 4.77. The molecule has 2 N–H and O–H groups in total. The molecule has 15 heavy (non-hydrogen) atoms. The molecule has 1 aromatic carbocycles. The Kier molecular flexibility index (Phi) is 2.60. The van der Waals surface area contributed by atoms with E-state index in [-0.39, 0.29) is 5.78 Å². The number of hydrogen-bond acceptors (Lipinski definition) is 4. The summed E-state index contributed by atoms with van der Waals surface area (Å²) in [5.41, 5.74) is 6.23. The molecule has 80 valence electrons. The number of para-hydroxylation sites is 1. The molecule has 1 aliphatic rings. The van der Waals surface area contributed by atoms with Gasteiger partial charge < -0.3 is 15.2 Å². The minimum atomic E-state index is -0.474. The second-order valence-corrected chi connectivity index (χ2v) is 3.44. The maximum absolute atomic E-state index is 11.8. The van der Waals surface area contributed by atoms with Crippen LogP contribution in [0.25, 0.3) is 0 Å². The van der Waals surface area contributed by atoms with E-state index >= 15 is 0 Å². The zero-order valence-corrected chi connectivity index (χ0v) is 8.53. The third kappa shape index (κ3) is 1.68. The number of hydrogen-bond donors (Lipinski definition) is 1. The van der Waals surface area contributed by atoms with Crippen molar-refractivity contribution in [2.24, 2.45) is 5.73 Å². The highest BCUT2D eigenvalue weighted by atomic mass is 16.5. The standard InChI is InChI=1S/C11H13NO3/c1-14-9-4-2-3-7-10(13)8(12)5-6-15-11(7)9/h2-4,8H,5-6,12H2,1H3. The maximum atomic E-state index is 11.8. The summed E-state index contributed by atoms with van der Waals surface area (Å²) in [6.07, 6.45) is 0.538. The molecule has 4 heteroatoms. The van der Waals surface area contributed by atoms with Gasteiger partial charge in [0.25, 0.3) is 0 Å². The van der Waals surface area contributed by atoms with Gasteiger partial charge >= 0.3 is 0 Å². The number of benzene rings is 1. The Morgan fingerprint density at radius 1 is 1.53 bits per heavy atom. The van der Waals surface area contributed by atoms with Crippen molar-refractivity contribution in [1.29, 1.82) is 0 Å². The Morgan fingerprint density at radius 2 is 2.33 bits per heavy atom. The highest BCUT2D eigenvalue weighted by Crippen LogP contribution is 2.33. The molecular weight excluding hydrogens is 194 g/mol. The van der Waals surface area contributed by atoms with Crippen LogP contribution in [0, 0.1) is 0 Å². The average Bonchev–Trinajstić information content (AvgIpc) is 2.40. The minimum absolute atomic E-state index is 0.0820. The van der Waals surface area contributed by atoms with Gasteiger partial charge in [0.2, 0.25) is 0 Å². The van der Waals surface area contributed by atoms with Gasteiger partial charge in [-0.15, -0.1) is 0 Å². The fraction of sp³-hybridized carbons (Fsp3) is 0.364. The van der Waals surface area contributed by atoms with Gasteiger partial charge in [-0.3, -0.25) is 4.79 Å². The molecule has 0 fully saturated rings. The van der Waals surface area contributed by atoms with Gasteiger partial charge in [-0.25, -0.2) is 0 Å². The van der Waals surface area contributed by atoms with Crippen LogP contribution in [0.3, 0.4) is 0 Å². The quantitative estimate of drug-likeness (QED) is 0.745. The summed E-state index contributed by atoms with van der Waals surface area (Å²) in [5.74, 6) is 1.01. The lowest BCUT2D eigenvalue weighted by molar-refractivity contribution is 0.0960. The number of ketones is 1. The van der Waals surface area contributed by atoms with Gasteiger partial charge in [0.1, 0.15) is 0 Å². The van der Waals surface area contributed by atoms with Crippen molar-refractivity contribution < 1.29 is 14.3 Å². The van der Waals surface area contributed by atoms with Crippen LogP contribution in [0.4, 0.5) is 0 Å². The topological polar surface area (TPSA) is 61.6 Å². The van der Waals surface area contributed by atoms with E-state index < -0.39 is 6.04 Å². The predicted octanol–water partition coefficient (Wildman–Crippen LogP) is 0.988. The molecule has 1 unspecified atom stereocenters. The number of fused-ring (bicyclic) bond motifs is 1. The number of nitrogens with two attached hydrogens (primary N) is 1. The fourth-order valence-electron chi connectivity index (χ4n) is 1.64. The third-order valence-corrected chi connectivity index (χ3v) is 2.48. The molecule has 0 amide bonds. The molecule has 0 saturated heterocycles. The van der Waals surface area contributed by atoms with Gasteiger partial charge in [-0.2, -0.15) is 0 Å². The Balaban J connectivity index is 2.52. The van der Waals surface area contributed by atoms with Gasteiger partial charge in [0.05, 0.1) is 25.3 Å². The molecule has 1 heterocycles. The van der Waals surface area contributed by atoms with Gasteiger partial charge in [0, 0.05) is 6.42 Å². The van der Waals surface area contributed by atoms with Crippen LogP contribution in [0.2, 0.25) is 0 Å². The second-order valence-electron chi connectivity index (χ2n) is 3.44. The van der Waals surface area contributed by atoms with Crippen molar-refractivity contribution in [2.45, 2.75) is 12.5 Å². The number of methoxy groups -OCH3 is 1. The first-order chi connectivity index (χ1) is 7.24. The van der Waals surface area contributed by atoms with Gasteiger partial charge in [-0.1, -0.05) is 6.07 Å². The summed E-state index contributed by atoms with van der Waals surface area (Å²) in [6.45, 7) is 0.445. The van der Waals surface area contributed by atoms with E-state index in [1.165, 1.54) is 0 Å². The van der Waals surface area contributed by atoms with E-state index in [1.807, 2.05) is 0 Å². The largest absolute Gasteiger partial charge is 0.493 e. The van der Waals surface area contributed by atoms with Crippen LogP contribution >= 0.6 is 0 Å². The van der Waals surface area contributed by atoms with Crippen molar-refractivity contribution in [3.63, 3.8) is 0 Å². The van der Waals surface area contributed by atoms with Gasteiger partial charge in [-0.05, 0) is 12.1 Å². The van der Waals surface area contributed by atoms with Crippen molar-refractivity contribution >= 4 is 5.78 Å². The van der Waals surface area contributed by atoms with E-state index in [9.17, 15) is 4.79 Å². The van der Waals surface area contributed by atoms with E-state index in [1.54, 1.807) is 25.3 Å². The first-order valence-electron chi connectivity index (χ1n) is 4.83. The van der Waals surface area contributed by atoms with Crippen LogP contribution < -0.4 is 15.2 Å². The summed E-state index contributed by atoms with van der Waals surface area (Å²) >= 11 is 0. The van der Waals surface area contributed by atoms with Crippen molar-refractivity contribution in [1.82, 2.24) is 0 Å². The summed E-state index contributed by atoms with van der Waals surface area (Å²) < 4.78 is 10.6. The Morgan fingerprint density at radius 3 is 3.07 bits per heavy atom. The molecule has 2 rings (SSSR count). The second kappa shape index (κ2) is 3.90.